The van der Waals surface area contributed by atoms with E-state index in [-0.39, 0.29) is 74.2 Å². The molecule has 0 rings (SSSR count). The quantitative estimate of drug-likeness (QED) is 0.0410. The number of methoxy groups -OCH3 is 4. The van der Waals surface area contributed by atoms with E-state index in [1.807, 2.05) is 9.80 Å². The van der Waals surface area contributed by atoms with Crippen LogP contribution in [-0.4, -0.2) is 182 Å². The van der Waals surface area contributed by atoms with Gasteiger partial charge >= 0.3 is 23.9 Å². The number of rotatable bonds is 36. The summed E-state index contributed by atoms with van der Waals surface area (Å²) in [6.45, 7) is 9.05. The predicted octanol–water partition coefficient (Wildman–Crippen LogP) is 2.37. The summed E-state index contributed by atoms with van der Waals surface area (Å²) in [6, 6.07) is 0. The standard InChI is InChI=1S/C40H76N6O10/c1-8-9-10-11-12-13-14-15-33-46(2,3)34-32-45(24-16-35(47)41-22-30-43(26-18-37(49)53-4)27-19-38(50)54-5)25-17-36(48)42-23-31-44(28-20-39(51)55-6)29-21-40(52)56-7/h8-34H2,1-7H3,(H-,41,42,47,48)/p+1. The third kappa shape index (κ3) is 30.8. The number of nitrogens with zero attached hydrogens (tertiary/aromatic N) is 4. The second-order valence-electron chi connectivity index (χ2n) is 14.9. The van der Waals surface area contributed by atoms with Gasteiger partial charge in [-0.1, -0.05) is 45.4 Å². The highest BCUT2D eigenvalue weighted by Gasteiger charge is 2.19. The number of nitrogens with one attached hydrogen (secondary N) is 2. The average Bonchev–Trinajstić information content (AvgIpc) is 3.19. The van der Waals surface area contributed by atoms with Crippen LogP contribution < -0.4 is 10.6 Å². The van der Waals surface area contributed by atoms with Crippen LogP contribution in [0.3, 0.4) is 0 Å². The number of esters is 4. The van der Waals surface area contributed by atoms with Crippen molar-refractivity contribution in [2.45, 2.75) is 96.8 Å². The Hall–Kier alpha value is -3.34. The van der Waals surface area contributed by atoms with E-state index in [1.54, 1.807) is 0 Å². The monoisotopic (exact) mass is 802 g/mol. The van der Waals surface area contributed by atoms with E-state index in [4.69, 9.17) is 18.9 Å². The first kappa shape index (κ1) is 52.7. The second-order valence-corrected chi connectivity index (χ2v) is 14.9. The Bertz CT molecular complexity index is 1000. The summed E-state index contributed by atoms with van der Waals surface area (Å²) in [6.07, 6.45) is 11.4. The first-order valence-electron chi connectivity index (χ1n) is 20.6. The molecule has 0 spiro atoms. The number of ether oxygens (including phenoxy) is 4. The zero-order valence-electron chi connectivity index (χ0n) is 36.0. The van der Waals surface area contributed by atoms with E-state index in [9.17, 15) is 28.8 Å². The third-order valence-corrected chi connectivity index (χ3v) is 9.89. The molecule has 0 saturated carbocycles. The number of likely N-dealkylation sites (N-methyl/N-ethyl adjacent to an activating group) is 1. The molecule has 0 radical (unpaired) electrons. The Labute approximate surface area is 337 Å². The fourth-order valence-corrected chi connectivity index (χ4v) is 6.01. The fourth-order valence-electron chi connectivity index (χ4n) is 6.01. The molecule has 0 aliphatic heterocycles. The van der Waals surface area contributed by atoms with Gasteiger partial charge in [0, 0.05) is 84.8 Å². The summed E-state index contributed by atoms with van der Waals surface area (Å²) in [5.74, 6) is -1.63. The SMILES string of the molecule is CCCCCCCCCC[N+](C)(C)CCN(CCC(=O)NCCN(CCC(=O)OC)CCC(=O)OC)CCC(=O)NCCN(CCC(=O)OC)CCC(=O)OC. The maximum Gasteiger partial charge on any atom is 0.306 e. The molecule has 0 aliphatic rings. The highest BCUT2D eigenvalue weighted by atomic mass is 16.5. The average molecular weight is 802 g/mol. The van der Waals surface area contributed by atoms with Crippen molar-refractivity contribution in [2.75, 3.05) is 128 Å². The lowest BCUT2D eigenvalue weighted by Crippen LogP contribution is -2.47. The number of amides is 2. The van der Waals surface area contributed by atoms with Crippen molar-refractivity contribution in [3.8, 4) is 0 Å². The zero-order chi connectivity index (χ0) is 42.0. The molecule has 0 aromatic heterocycles. The molecular formula is C40H77N6O10+. The molecule has 0 bridgehead atoms. The van der Waals surface area contributed by atoms with Gasteiger partial charge in [-0.2, -0.15) is 0 Å². The van der Waals surface area contributed by atoms with E-state index in [0.29, 0.717) is 65.4 Å². The molecule has 0 fully saturated rings. The molecule has 0 saturated heterocycles. The second kappa shape index (κ2) is 33.8. The topological polar surface area (TPSA) is 173 Å². The number of unbranched alkanes of at least 4 members (excludes halogenated alkanes) is 7. The van der Waals surface area contributed by atoms with Gasteiger partial charge in [-0.15, -0.1) is 0 Å². The first-order chi connectivity index (χ1) is 26.8. The number of hydrogen-bond donors (Lipinski definition) is 2. The molecule has 2 N–H and O–H groups in total. The molecule has 16 heteroatoms. The van der Waals surface area contributed by atoms with Crippen LogP contribution >= 0.6 is 0 Å². The van der Waals surface area contributed by atoms with Gasteiger partial charge in [-0.3, -0.25) is 33.7 Å². The van der Waals surface area contributed by atoms with Gasteiger partial charge in [0.25, 0.3) is 0 Å². The molecule has 0 unspecified atom stereocenters. The molecule has 0 aromatic carbocycles. The Morgan fingerprint density at radius 1 is 0.429 bits per heavy atom. The summed E-state index contributed by atoms with van der Waals surface area (Å²) in [5, 5.41) is 5.92. The Kier molecular flexibility index (Phi) is 31.8. The minimum atomic E-state index is -0.348. The van der Waals surface area contributed by atoms with E-state index in [2.05, 4.69) is 36.6 Å². The molecule has 0 aromatic rings. The van der Waals surface area contributed by atoms with Crippen molar-refractivity contribution in [2.24, 2.45) is 0 Å². The predicted molar refractivity (Wildman–Crippen MR) is 216 cm³/mol. The van der Waals surface area contributed by atoms with Crippen LogP contribution in [0.5, 0.6) is 0 Å². The lowest BCUT2D eigenvalue weighted by molar-refractivity contribution is -0.890. The lowest BCUT2D eigenvalue weighted by Gasteiger charge is -2.33. The molecule has 0 aliphatic carbocycles. The van der Waals surface area contributed by atoms with Crippen LogP contribution in [0.1, 0.15) is 96.8 Å². The normalized spacial score (nSPS) is 11.5. The molecule has 56 heavy (non-hydrogen) atoms. The van der Waals surface area contributed by atoms with Crippen LogP contribution in [-0.2, 0) is 47.7 Å². The van der Waals surface area contributed by atoms with Gasteiger partial charge in [0.05, 0.1) is 81.3 Å². The van der Waals surface area contributed by atoms with Crippen molar-refractivity contribution < 1.29 is 52.2 Å². The van der Waals surface area contributed by atoms with Gasteiger partial charge in [0.15, 0.2) is 0 Å². The number of carbonyl (C=O) groups excluding carboxylic acids is 6. The van der Waals surface area contributed by atoms with Gasteiger partial charge < -0.3 is 43.9 Å². The van der Waals surface area contributed by atoms with Crippen molar-refractivity contribution in [1.29, 1.82) is 0 Å². The van der Waals surface area contributed by atoms with E-state index >= 15 is 0 Å². The molecule has 0 atom stereocenters. The minimum absolute atomic E-state index is 0.118. The lowest BCUT2D eigenvalue weighted by atomic mass is 10.1. The van der Waals surface area contributed by atoms with Crippen molar-refractivity contribution >= 4 is 35.7 Å². The summed E-state index contributed by atoms with van der Waals surface area (Å²) in [5.41, 5.74) is 0. The van der Waals surface area contributed by atoms with Crippen LogP contribution in [0.25, 0.3) is 0 Å². The maximum atomic E-state index is 13.0. The fraction of sp³-hybridized carbons (Fsp3) is 0.850. The smallest absolute Gasteiger partial charge is 0.306 e. The van der Waals surface area contributed by atoms with Gasteiger partial charge in [-0.25, -0.2) is 0 Å². The summed E-state index contributed by atoms with van der Waals surface area (Å²) >= 11 is 0. The third-order valence-electron chi connectivity index (χ3n) is 9.89. The molecular weight excluding hydrogens is 724 g/mol. The Balaban J connectivity index is 5.21. The molecule has 16 nitrogen and oxygen atoms in total. The highest BCUT2D eigenvalue weighted by molar-refractivity contribution is 5.76. The number of hydrogen-bond acceptors (Lipinski definition) is 13. The van der Waals surface area contributed by atoms with Crippen molar-refractivity contribution in [3.05, 3.63) is 0 Å². The number of carbonyl (C=O) groups is 6. The van der Waals surface area contributed by atoms with Crippen LogP contribution in [0.4, 0.5) is 0 Å². The Morgan fingerprint density at radius 3 is 1.11 bits per heavy atom. The minimum Gasteiger partial charge on any atom is -0.469 e. The molecule has 326 valence electrons. The number of quaternary nitrogens is 1. The maximum absolute atomic E-state index is 13.0. The van der Waals surface area contributed by atoms with E-state index in [1.165, 1.54) is 73.4 Å². The summed E-state index contributed by atoms with van der Waals surface area (Å²) < 4.78 is 19.8. The van der Waals surface area contributed by atoms with Gasteiger partial charge in [-0.05, 0) is 12.8 Å². The van der Waals surface area contributed by atoms with Crippen LogP contribution in [0.15, 0.2) is 0 Å². The van der Waals surface area contributed by atoms with Gasteiger partial charge in [0.1, 0.15) is 0 Å². The zero-order valence-corrected chi connectivity index (χ0v) is 36.0. The highest BCUT2D eigenvalue weighted by Crippen LogP contribution is 2.11. The van der Waals surface area contributed by atoms with Crippen LogP contribution in [0, 0.1) is 0 Å². The summed E-state index contributed by atoms with van der Waals surface area (Å²) in [7, 11) is 9.79. The largest absolute Gasteiger partial charge is 0.469 e. The molecule has 0 heterocycles. The van der Waals surface area contributed by atoms with E-state index < -0.39 is 0 Å². The van der Waals surface area contributed by atoms with Crippen molar-refractivity contribution in [1.82, 2.24) is 25.3 Å². The van der Waals surface area contributed by atoms with Crippen LogP contribution in [0.2, 0.25) is 0 Å². The van der Waals surface area contributed by atoms with Gasteiger partial charge in [0.2, 0.25) is 11.8 Å². The van der Waals surface area contributed by atoms with E-state index in [0.717, 1.165) is 30.5 Å². The molecule has 2 amide bonds. The van der Waals surface area contributed by atoms with Crippen molar-refractivity contribution in [3.63, 3.8) is 0 Å². The first-order valence-corrected chi connectivity index (χ1v) is 20.6. The Morgan fingerprint density at radius 2 is 0.750 bits per heavy atom. The summed E-state index contributed by atoms with van der Waals surface area (Å²) in [4.78, 5) is 78.7.